The number of carbonyl (C=O) groups is 1. The molecule has 0 bridgehead atoms. The highest BCUT2D eigenvalue weighted by molar-refractivity contribution is 5.79. The molecule has 2 aromatic carbocycles. The van der Waals surface area contributed by atoms with E-state index in [9.17, 15) is 4.79 Å². The van der Waals surface area contributed by atoms with Crippen LogP contribution in [0.2, 0.25) is 0 Å². The Labute approximate surface area is 181 Å². The van der Waals surface area contributed by atoms with Crippen molar-refractivity contribution in [1.82, 2.24) is 9.88 Å². The van der Waals surface area contributed by atoms with Crippen molar-refractivity contribution in [3.8, 4) is 17.0 Å². The Bertz CT molecular complexity index is 1080. The smallest absolute Gasteiger partial charge is 0.410 e. The van der Waals surface area contributed by atoms with Gasteiger partial charge >= 0.3 is 6.09 Å². The van der Waals surface area contributed by atoms with E-state index in [1.807, 2.05) is 36.4 Å². The maximum Gasteiger partial charge on any atom is 0.410 e. The molecule has 0 spiro atoms. The molecule has 0 saturated heterocycles. The van der Waals surface area contributed by atoms with Gasteiger partial charge in [-0.3, -0.25) is 0 Å². The second kappa shape index (κ2) is 8.04. The molecule has 0 fully saturated rings. The third-order valence-corrected chi connectivity index (χ3v) is 6.16. The quantitative estimate of drug-likeness (QED) is 0.625. The van der Waals surface area contributed by atoms with Crippen LogP contribution in [0.15, 0.2) is 60.7 Å². The number of fused-ring (bicyclic) bond motifs is 4. The molecule has 1 amide bonds. The number of hydrogen-bond acceptors (Lipinski definition) is 5. The standard InChI is InChI=1S/C25H24N2O4/c1-27(23-15-30-14-22-20(23)11-12-24(26-22)29-2)25(28)31-13-21-18-9-5-3-7-16(18)17-8-4-6-10-19(17)21/h3-12,21,23H,13-15H2,1-2H3. The Morgan fingerprint density at radius 3 is 2.39 bits per heavy atom. The third kappa shape index (κ3) is 3.43. The number of benzene rings is 2. The fourth-order valence-electron chi connectivity index (χ4n) is 4.53. The Morgan fingerprint density at radius 2 is 1.71 bits per heavy atom. The summed E-state index contributed by atoms with van der Waals surface area (Å²) in [4.78, 5) is 19.0. The molecule has 1 atom stereocenters. The molecule has 1 aliphatic heterocycles. The second-order valence-corrected chi connectivity index (χ2v) is 7.84. The van der Waals surface area contributed by atoms with Crippen LogP contribution in [0.25, 0.3) is 11.1 Å². The maximum atomic E-state index is 13.0. The lowest BCUT2D eigenvalue weighted by Crippen LogP contribution is -2.37. The molecule has 1 aliphatic carbocycles. The maximum absolute atomic E-state index is 13.0. The van der Waals surface area contributed by atoms with Crippen LogP contribution in [0.1, 0.15) is 34.3 Å². The lowest BCUT2D eigenvalue weighted by atomic mass is 9.98. The molecule has 6 heteroatoms. The van der Waals surface area contributed by atoms with Crippen molar-refractivity contribution in [3.05, 3.63) is 83.0 Å². The average Bonchev–Trinajstić information content (AvgIpc) is 3.15. The number of nitrogens with zero attached hydrogens (tertiary/aromatic N) is 2. The molecule has 2 heterocycles. The lowest BCUT2D eigenvalue weighted by Gasteiger charge is -2.32. The van der Waals surface area contributed by atoms with Crippen LogP contribution in [0.5, 0.6) is 5.88 Å². The first-order valence-corrected chi connectivity index (χ1v) is 10.4. The van der Waals surface area contributed by atoms with Crippen LogP contribution in [0, 0.1) is 0 Å². The van der Waals surface area contributed by atoms with E-state index in [4.69, 9.17) is 14.2 Å². The van der Waals surface area contributed by atoms with Crippen LogP contribution >= 0.6 is 0 Å². The summed E-state index contributed by atoms with van der Waals surface area (Å²) in [5.74, 6) is 0.567. The van der Waals surface area contributed by atoms with Gasteiger partial charge in [0.1, 0.15) is 6.61 Å². The average molecular weight is 416 g/mol. The van der Waals surface area contributed by atoms with Crippen LogP contribution in [0.3, 0.4) is 0 Å². The van der Waals surface area contributed by atoms with Crippen molar-refractivity contribution in [1.29, 1.82) is 0 Å². The van der Waals surface area contributed by atoms with Gasteiger partial charge in [-0.25, -0.2) is 9.78 Å². The largest absolute Gasteiger partial charge is 0.481 e. The molecule has 158 valence electrons. The van der Waals surface area contributed by atoms with Crippen LogP contribution in [-0.4, -0.2) is 43.3 Å². The van der Waals surface area contributed by atoms with Gasteiger partial charge in [-0.2, -0.15) is 0 Å². The molecule has 0 N–H and O–H groups in total. The first-order valence-electron chi connectivity index (χ1n) is 10.4. The number of aromatic nitrogens is 1. The predicted octanol–water partition coefficient (Wildman–Crippen LogP) is 4.54. The fraction of sp³-hybridized carbons (Fsp3) is 0.280. The van der Waals surface area contributed by atoms with Crippen LogP contribution in [0.4, 0.5) is 4.79 Å². The van der Waals surface area contributed by atoms with Gasteiger partial charge in [0.25, 0.3) is 0 Å². The van der Waals surface area contributed by atoms with E-state index in [0.29, 0.717) is 25.7 Å². The Balaban J connectivity index is 1.33. The molecular weight excluding hydrogens is 392 g/mol. The SMILES string of the molecule is COc1ccc2c(n1)COCC2N(C)C(=O)OCC1c2ccccc2-c2ccccc21. The summed E-state index contributed by atoms with van der Waals surface area (Å²) in [7, 11) is 3.32. The third-order valence-electron chi connectivity index (χ3n) is 6.16. The monoisotopic (exact) mass is 416 g/mol. The number of methoxy groups -OCH3 is 1. The molecule has 2 aliphatic rings. The van der Waals surface area contributed by atoms with Gasteiger partial charge in [-0.1, -0.05) is 48.5 Å². The molecule has 6 nitrogen and oxygen atoms in total. The van der Waals surface area contributed by atoms with Gasteiger partial charge in [-0.05, 0) is 28.3 Å². The lowest BCUT2D eigenvalue weighted by molar-refractivity contribution is 0.0301. The van der Waals surface area contributed by atoms with E-state index in [-0.39, 0.29) is 18.1 Å². The van der Waals surface area contributed by atoms with E-state index in [0.717, 1.165) is 11.3 Å². The zero-order valence-electron chi connectivity index (χ0n) is 17.6. The molecule has 1 unspecified atom stereocenters. The normalized spacial score (nSPS) is 16.8. The van der Waals surface area contributed by atoms with E-state index in [1.165, 1.54) is 22.3 Å². The number of amides is 1. The Morgan fingerprint density at radius 1 is 1.03 bits per heavy atom. The van der Waals surface area contributed by atoms with Gasteiger partial charge in [0.05, 0.1) is 32.1 Å². The first kappa shape index (κ1) is 19.6. The summed E-state index contributed by atoms with van der Waals surface area (Å²) in [6.45, 7) is 1.10. The summed E-state index contributed by atoms with van der Waals surface area (Å²) in [6.07, 6.45) is -0.376. The zero-order chi connectivity index (χ0) is 21.4. The fourth-order valence-corrected chi connectivity index (χ4v) is 4.53. The predicted molar refractivity (Wildman–Crippen MR) is 116 cm³/mol. The van der Waals surface area contributed by atoms with Gasteiger partial charge in [0.15, 0.2) is 0 Å². The number of pyridine rings is 1. The molecule has 5 rings (SSSR count). The van der Waals surface area contributed by atoms with E-state index < -0.39 is 0 Å². The Kier molecular flexibility index (Phi) is 5.08. The summed E-state index contributed by atoms with van der Waals surface area (Å²) in [5, 5.41) is 0. The minimum Gasteiger partial charge on any atom is -0.481 e. The van der Waals surface area contributed by atoms with Crippen molar-refractivity contribution in [2.75, 3.05) is 27.4 Å². The molecule has 0 radical (unpaired) electrons. The first-order chi connectivity index (χ1) is 15.2. The minimum absolute atomic E-state index is 0.0329. The van der Waals surface area contributed by atoms with Crippen molar-refractivity contribution >= 4 is 6.09 Å². The van der Waals surface area contributed by atoms with E-state index in [1.54, 1.807) is 19.1 Å². The number of ether oxygens (including phenoxy) is 3. The zero-order valence-corrected chi connectivity index (χ0v) is 17.6. The van der Waals surface area contributed by atoms with Crippen molar-refractivity contribution in [3.63, 3.8) is 0 Å². The number of likely N-dealkylation sites (N-methyl/N-ethyl adjacent to an activating group) is 1. The van der Waals surface area contributed by atoms with Crippen LogP contribution in [-0.2, 0) is 16.1 Å². The summed E-state index contributed by atoms with van der Waals surface area (Å²) in [6, 6.07) is 20.1. The van der Waals surface area contributed by atoms with E-state index in [2.05, 4.69) is 29.2 Å². The highest BCUT2D eigenvalue weighted by atomic mass is 16.6. The van der Waals surface area contributed by atoms with Gasteiger partial charge in [0, 0.05) is 24.6 Å². The molecule has 1 aromatic heterocycles. The van der Waals surface area contributed by atoms with Crippen molar-refractivity contribution < 1.29 is 19.0 Å². The summed E-state index contributed by atoms with van der Waals surface area (Å²) in [5.41, 5.74) is 6.56. The van der Waals surface area contributed by atoms with Crippen molar-refractivity contribution in [2.45, 2.75) is 18.6 Å². The molecular formula is C25H24N2O4. The molecule has 31 heavy (non-hydrogen) atoms. The van der Waals surface area contributed by atoms with Gasteiger partial charge in [0.2, 0.25) is 5.88 Å². The highest BCUT2D eigenvalue weighted by Gasteiger charge is 2.32. The van der Waals surface area contributed by atoms with Gasteiger partial charge in [-0.15, -0.1) is 0 Å². The summed E-state index contributed by atoms with van der Waals surface area (Å²) < 4.78 is 16.7. The topological polar surface area (TPSA) is 60.9 Å². The Hall–Kier alpha value is -3.38. The molecule has 0 saturated carbocycles. The minimum atomic E-state index is -0.376. The summed E-state index contributed by atoms with van der Waals surface area (Å²) >= 11 is 0. The number of hydrogen-bond donors (Lipinski definition) is 0. The number of rotatable bonds is 4. The van der Waals surface area contributed by atoms with E-state index >= 15 is 0 Å². The second-order valence-electron chi connectivity index (χ2n) is 7.84. The number of carbonyl (C=O) groups excluding carboxylic acids is 1. The van der Waals surface area contributed by atoms with Crippen molar-refractivity contribution in [2.24, 2.45) is 0 Å². The van der Waals surface area contributed by atoms with Gasteiger partial charge < -0.3 is 19.1 Å². The van der Waals surface area contributed by atoms with Crippen LogP contribution < -0.4 is 4.74 Å². The highest BCUT2D eigenvalue weighted by Crippen LogP contribution is 2.44. The molecule has 3 aromatic rings.